The van der Waals surface area contributed by atoms with Gasteiger partial charge in [-0.15, -0.1) is 0 Å². The molecular weight excluding hydrogens is 248 g/mol. The molecule has 1 heterocycles. The highest BCUT2D eigenvalue weighted by molar-refractivity contribution is 5.96. The van der Waals surface area contributed by atoms with E-state index in [9.17, 15) is 4.79 Å². The highest BCUT2D eigenvalue weighted by Gasteiger charge is 2.33. The molecule has 1 aromatic rings. The number of anilines is 1. The number of nitrogens with two attached hydrogens (primary N) is 1. The molecule has 3 rings (SSSR count). The lowest BCUT2D eigenvalue weighted by molar-refractivity contribution is -0.118. The highest BCUT2D eigenvalue weighted by Crippen LogP contribution is 2.41. The lowest BCUT2D eigenvalue weighted by Crippen LogP contribution is -2.38. The number of hydrogen-bond acceptors (Lipinski definition) is 2. The molecule has 1 amide bonds. The molecule has 0 atom stereocenters. The lowest BCUT2D eigenvalue weighted by Gasteiger charge is -2.38. The van der Waals surface area contributed by atoms with E-state index >= 15 is 0 Å². The number of carbonyl (C=O) groups is 1. The number of amides is 1. The van der Waals surface area contributed by atoms with Gasteiger partial charge < -0.3 is 10.6 Å². The van der Waals surface area contributed by atoms with Crippen LogP contribution in [0, 0.1) is 0 Å². The Hall–Kier alpha value is -1.35. The minimum Gasteiger partial charge on any atom is -0.330 e. The molecule has 1 fully saturated rings. The number of hydrogen-bond donors (Lipinski definition) is 1. The summed E-state index contributed by atoms with van der Waals surface area (Å²) in [4.78, 5) is 13.7. The molecule has 0 unspecified atom stereocenters. The van der Waals surface area contributed by atoms with Crippen LogP contribution in [-0.4, -0.2) is 19.5 Å². The molecule has 2 aliphatic rings. The smallest absolute Gasteiger partial charge is 0.227 e. The van der Waals surface area contributed by atoms with Gasteiger partial charge in [0.15, 0.2) is 0 Å². The third-order valence-electron chi connectivity index (χ3n) is 5.24. The molecule has 0 aromatic heterocycles. The number of aryl methyl sites for hydroxylation is 1. The molecule has 108 valence electrons. The summed E-state index contributed by atoms with van der Waals surface area (Å²) in [5.41, 5.74) is 9.98. The van der Waals surface area contributed by atoms with Crippen molar-refractivity contribution in [3.63, 3.8) is 0 Å². The second kappa shape index (κ2) is 5.21. The van der Waals surface area contributed by atoms with Gasteiger partial charge in [-0.3, -0.25) is 4.79 Å². The fraction of sp³-hybridized carbons (Fsp3) is 0.588. The van der Waals surface area contributed by atoms with Crippen molar-refractivity contribution in [2.24, 2.45) is 5.73 Å². The average Bonchev–Trinajstić information content (AvgIpc) is 2.51. The zero-order valence-electron chi connectivity index (χ0n) is 12.3. The van der Waals surface area contributed by atoms with E-state index in [2.05, 4.69) is 18.2 Å². The summed E-state index contributed by atoms with van der Waals surface area (Å²) in [6.45, 7) is 0.712. The van der Waals surface area contributed by atoms with Crippen molar-refractivity contribution >= 4 is 11.6 Å². The molecule has 1 aliphatic heterocycles. The van der Waals surface area contributed by atoms with Gasteiger partial charge in [-0.25, -0.2) is 0 Å². The summed E-state index contributed by atoms with van der Waals surface area (Å²) in [7, 11) is 1.89. The molecule has 0 spiro atoms. The number of rotatable bonds is 2. The zero-order chi connectivity index (χ0) is 14.2. The molecule has 3 heteroatoms. The maximum atomic E-state index is 11.9. The Morgan fingerprint density at radius 3 is 2.65 bits per heavy atom. The Balaban J connectivity index is 2.00. The first-order valence-electron chi connectivity index (χ1n) is 7.76. The molecule has 0 bridgehead atoms. The van der Waals surface area contributed by atoms with Crippen LogP contribution in [0.3, 0.4) is 0 Å². The van der Waals surface area contributed by atoms with E-state index < -0.39 is 0 Å². The fourth-order valence-corrected chi connectivity index (χ4v) is 3.80. The third-order valence-corrected chi connectivity index (χ3v) is 5.24. The van der Waals surface area contributed by atoms with E-state index in [0.717, 1.165) is 12.1 Å². The molecule has 0 saturated heterocycles. The van der Waals surface area contributed by atoms with Crippen LogP contribution in [0.4, 0.5) is 5.69 Å². The van der Waals surface area contributed by atoms with Crippen molar-refractivity contribution in [1.82, 2.24) is 0 Å². The van der Waals surface area contributed by atoms with Crippen molar-refractivity contribution in [3.8, 4) is 0 Å². The van der Waals surface area contributed by atoms with E-state index in [1.165, 1.54) is 43.2 Å². The Bertz CT molecular complexity index is 518. The molecule has 0 radical (unpaired) electrons. The normalized spacial score (nSPS) is 21.7. The van der Waals surface area contributed by atoms with Crippen LogP contribution in [0.2, 0.25) is 0 Å². The molecule has 20 heavy (non-hydrogen) atoms. The van der Waals surface area contributed by atoms with E-state index in [4.69, 9.17) is 5.73 Å². The minimum absolute atomic E-state index is 0.134. The van der Waals surface area contributed by atoms with Crippen LogP contribution in [0.5, 0.6) is 0 Å². The SMILES string of the molecule is CN1C(=O)CCc2ccc(C3(CN)CCCCC3)cc21. The first-order valence-corrected chi connectivity index (χ1v) is 7.76. The van der Waals surface area contributed by atoms with Gasteiger partial charge in [0, 0.05) is 31.1 Å². The molecular formula is C17H24N2O. The summed E-state index contributed by atoms with van der Waals surface area (Å²) in [6.07, 6.45) is 7.72. The fourth-order valence-electron chi connectivity index (χ4n) is 3.80. The summed E-state index contributed by atoms with van der Waals surface area (Å²) in [5.74, 6) is 0.222. The second-order valence-electron chi connectivity index (χ2n) is 6.34. The van der Waals surface area contributed by atoms with Gasteiger partial charge >= 0.3 is 0 Å². The minimum atomic E-state index is 0.134. The zero-order valence-corrected chi connectivity index (χ0v) is 12.3. The van der Waals surface area contributed by atoms with Crippen molar-refractivity contribution in [1.29, 1.82) is 0 Å². The topological polar surface area (TPSA) is 46.3 Å². The highest BCUT2D eigenvalue weighted by atomic mass is 16.2. The Kier molecular flexibility index (Phi) is 3.55. The number of fused-ring (bicyclic) bond motifs is 1. The first kappa shape index (κ1) is 13.6. The van der Waals surface area contributed by atoms with Gasteiger partial charge in [-0.05, 0) is 36.5 Å². The van der Waals surface area contributed by atoms with Crippen LogP contribution in [0.25, 0.3) is 0 Å². The van der Waals surface area contributed by atoms with Gasteiger partial charge in [0.2, 0.25) is 5.91 Å². The summed E-state index contributed by atoms with van der Waals surface area (Å²) < 4.78 is 0. The number of nitrogens with zero attached hydrogens (tertiary/aromatic N) is 1. The maximum absolute atomic E-state index is 11.9. The predicted octanol–water partition coefficient (Wildman–Crippen LogP) is 2.76. The van der Waals surface area contributed by atoms with Gasteiger partial charge in [0.05, 0.1) is 0 Å². The van der Waals surface area contributed by atoms with Crippen molar-refractivity contribution in [3.05, 3.63) is 29.3 Å². The van der Waals surface area contributed by atoms with Gasteiger partial charge in [0.1, 0.15) is 0 Å². The first-order chi connectivity index (χ1) is 9.66. The van der Waals surface area contributed by atoms with Crippen molar-refractivity contribution in [2.45, 2.75) is 50.4 Å². The largest absolute Gasteiger partial charge is 0.330 e. The monoisotopic (exact) mass is 272 g/mol. The van der Waals surface area contributed by atoms with Crippen molar-refractivity contribution in [2.75, 3.05) is 18.5 Å². The molecule has 1 aromatic carbocycles. The third kappa shape index (κ3) is 2.14. The molecule has 1 aliphatic carbocycles. The van der Waals surface area contributed by atoms with Gasteiger partial charge in [0.25, 0.3) is 0 Å². The average molecular weight is 272 g/mol. The predicted molar refractivity (Wildman–Crippen MR) is 82.0 cm³/mol. The number of carbonyl (C=O) groups excluding carboxylic acids is 1. The molecule has 3 nitrogen and oxygen atoms in total. The Labute approximate surface area is 121 Å². The van der Waals surface area contributed by atoms with Crippen LogP contribution < -0.4 is 10.6 Å². The van der Waals surface area contributed by atoms with E-state index in [1.54, 1.807) is 0 Å². The standard InChI is InChI=1S/C17H24N2O/c1-19-15-11-14(7-5-13(15)6-8-16(19)20)17(12-18)9-3-2-4-10-17/h5,7,11H,2-4,6,8-10,12,18H2,1H3. The van der Waals surface area contributed by atoms with Crippen LogP contribution in [-0.2, 0) is 16.6 Å². The van der Waals surface area contributed by atoms with Gasteiger partial charge in [-0.1, -0.05) is 31.4 Å². The summed E-state index contributed by atoms with van der Waals surface area (Å²) in [5, 5.41) is 0. The Morgan fingerprint density at radius 1 is 1.20 bits per heavy atom. The van der Waals surface area contributed by atoms with Gasteiger partial charge in [-0.2, -0.15) is 0 Å². The van der Waals surface area contributed by atoms with Crippen LogP contribution >= 0.6 is 0 Å². The van der Waals surface area contributed by atoms with E-state index in [0.29, 0.717) is 13.0 Å². The van der Waals surface area contributed by atoms with Crippen LogP contribution in [0.1, 0.15) is 49.7 Å². The van der Waals surface area contributed by atoms with Crippen LogP contribution in [0.15, 0.2) is 18.2 Å². The second-order valence-corrected chi connectivity index (χ2v) is 6.34. The van der Waals surface area contributed by atoms with E-state index in [-0.39, 0.29) is 11.3 Å². The molecule has 1 saturated carbocycles. The Morgan fingerprint density at radius 2 is 1.95 bits per heavy atom. The summed E-state index contributed by atoms with van der Waals surface area (Å²) >= 11 is 0. The van der Waals surface area contributed by atoms with E-state index in [1.807, 2.05) is 11.9 Å². The lowest BCUT2D eigenvalue weighted by atomic mass is 9.69. The quantitative estimate of drug-likeness (QED) is 0.900. The molecule has 2 N–H and O–H groups in total. The maximum Gasteiger partial charge on any atom is 0.227 e. The summed E-state index contributed by atoms with van der Waals surface area (Å²) in [6, 6.07) is 6.69. The van der Waals surface area contributed by atoms with Crippen molar-refractivity contribution < 1.29 is 4.79 Å². The number of benzene rings is 1.